The molecule has 0 radical (unpaired) electrons. The van der Waals surface area contributed by atoms with Crippen LogP contribution in [0.15, 0.2) is 18.2 Å². The van der Waals surface area contributed by atoms with E-state index in [-0.39, 0.29) is 11.9 Å². The predicted octanol–water partition coefficient (Wildman–Crippen LogP) is 0.0771. The highest BCUT2D eigenvalue weighted by Gasteiger charge is 2.37. The van der Waals surface area contributed by atoms with Crippen LogP contribution in [0.3, 0.4) is 0 Å². The maximum absolute atomic E-state index is 12.9. The van der Waals surface area contributed by atoms with E-state index < -0.39 is 11.8 Å². The number of hydrogen-bond acceptors (Lipinski definition) is 6. The van der Waals surface area contributed by atoms with Gasteiger partial charge in [0, 0.05) is 56.4 Å². The zero-order valence-corrected chi connectivity index (χ0v) is 15.9. The standard InChI is InChI=1S/C21H26N4O3/c26-12-20(27)19-4-2-17(7-22-19)25-9-14-5-13(1-3-18(14)21(25)28)8-24-10-15-6-16(11-24)23-15/h1,3,5,12,15-17,19,22-23H,2,4,6-11H2. The third-order valence-corrected chi connectivity index (χ3v) is 6.69. The van der Waals surface area contributed by atoms with Gasteiger partial charge in [-0.05, 0) is 36.5 Å². The van der Waals surface area contributed by atoms with Crippen LogP contribution >= 0.6 is 0 Å². The number of fused-ring (bicyclic) bond motifs is 3. The number of benzene rings is 1. The number of amides is 1. The fraction of sp³-hybridized carbons (Fsp3) is 0.571. The van der Waals surface area contributed by atoms with Gasteiger partial charge in [-0.1, -0.05) is 12.1 Å². The molecule has 5 aliphatic rings. The Morgan fingerprint density at radius 2 is 2.00 bits per heavy atom. The van der Waals surface area contributed by atoms with Crippen LogP contribution in [-0.4, -0.2) is 71.6 Å². The number of nitrogens with one attached hydrogen (secondary N) is 2. The Kier molecular flexibility index (Phi) is 4.53. The first-order chi connectivity index (χ1) is 13.6. The van der Waals surface area contributed by atoms with Crippen molar-refractivity contribution in [2.45, 2.75) is 56.5 Å². The molecule has 1 amide bonds. The Balaban J connectivity index is 1.23. The summed E-state index contributed by atoms with van der Waals surface area (Å²) in [6, 6.07) is 7.23. The van der Waals surface area contributed by atoms with Crippen LogP contribution in [0.2, 0.25) is 0 Å². The van der Waals surface area contributed by atoms with Gasteiger partial charge >= 0.3 is 0 Å². The summed E-state index contributed by atoms with van der Waals surface area (Å²) >= 11 is 0. The normalized spacial score (nSPS) is 32.0. The summed E-state index contributed by atoms with van der Waals surface area (Å²) < 4.78 is 0. The van der Waals surface area contributed by atoms with Crippen molar-refractivity contribution in [3.05, 3.63) is 34.9 Å². The number of carbonyl (C=O) groups excluding carboxylic acids is 3. The first-order valence-corrected chi connectivity index (χ1v) is 10.2. The van der Waals surface area contributed by atoms with E-state index in [1.54, 1.807) is 0 Å². The third kappa shape index (κ3) is 3.17. The van der Waals surface area contributed by atoms with Gasteiger partial charge in [0.25, 0.3) is 5.91 Å². The van der Waals surface area contributed by atoms with Crippen molar-refractivity contribution in [2.24, 2.45) is 0 Å². The van der Waals surface area contributed by atoms with E-state index in [9.17, 15) is 14.4 Å². The Morgan fingerprint density at radius 1 is 1.21 bits per heavy atom. The molecule has 2 bridgehead atoms. The summed E-state index contributed by atoms with van der Waals surface area (Å²) in [7, 11) is 0. The first kappa shape index (κ1) is 18.0. The fourth-order valence-electron chi connectivity index (χ4n) is 5.21. The summed E-state index contributed by atoms with van der Waals surface area (Å²) in [6.07, 6.45) is 3.03. The number of aldehydes is 1. The lowest BCUT2D eigenvalue weighted by molar-refractivity contribution is -0.131. The molecule has 0 aromatic heterocycles. The highest BCUT2D eigenvalue weighted by molar-refractivity contribution is 6.27. The molecular formula is C21H26N4O3. The highest BCUT2D eigenvalue weighted by Crippen LogP contribution is 2.29. The molecule has 0 saturated carbocycles. The lowest BCUT2D eigenvalue weighted by Gasteiger charge is -2.48. The SMILES string of the molecule is O=CC(=O)C1CCC(N2Cc3cc(CN4CC5CC(C4)N5)ccc3C2=O)CN1. The monoisotopic (exact) mass is 382 g/mol. The molecule has 4 unspecified atom stereocenters. The topological polar surface area (TPSA) is 81.8 Å². The molecule has 148 valence electrons. The summed E-state index contributed by atoms with van der Waals surface area (Å²) in [5.41, 5.74) is 3.18. The molecule has 0 aliphatic carbocycles. The molecule has 5 aliphatic heterocycles. The minimum Gasteiger partial charge on any atom is -0.330 e. The maximum Gasteiger partial charge on any atom is 0.254 e. The number of Topliss-reactive ketones (excluding diaryl/α,β-unsaturated/α-hetero) is 1. The van der Waals surface area contributed by atoms with E-state index in [2.05, 4.69) is 27.7 Å². The van der Waals surface area contributed by atoms with Crippen LogP contribution in [0, 0.1) is 0 Å². The Bertz CT molecular complexity index is 802. The van der Waals surface area contributed by atoms with Crippen LogP contribution in [0.1, 0.15) is 40.7 Å². The molecule has 4 saturated heterocycles. The Labute approximate surface area is 164 Å². The quantitative estimate of drug-likeness (QED) is 0.554. The number of piperidine rings is 2. The van der Waals surface area contributed by atoms with Gasteiger partial charge in [0.1, 0.15) is 0 Å². The first-order valence-electron chi connectivity index (χ1n) is 10.2. The highest BCUT2D eigenvalue weighted by atomic mass is 16.2. The Hall–Kier alpha value is -2.09. The molecule has 2 N–H and O–H groups in total. The fourth-order valence-corrected chi connectivity index (χ4v) is 5.21. The molecular weight excluding hydrogens is 356 g/mol. The van der Waals surface area contributed by atoms with Crippen molar-refractivity contribution in [1.82, 2.24) is 20.4 Å². The summed E-state index contributed by atoms with van der Waals surface area (Å²) in [4.78, 5) is 39.5. The summed E-state index contributed by atoms with van der Waals surface area (Å²) in [5.74, 6) is -0.318. The number of carbonyl (C=O) groups is 3. The van der Waals surface area contributed by atoms with Crippen molar-refractivity contribution < 1.29 is 14.4 Å². The maximum atomic E-state index is 12.9. The second-order valence-electron chi connectivity index (χ2n) is 8.63. The molecule has 0 spiro atoms. The van der Waals surface area contributed by atoms with Crippen LogP contribution in [0.25, 0.3) is 0 Å². The number of hydrogen-bond donors (Lipinski definition) is 2. The van der Waals surface area contributed by atoms with Gasteiger partial charge in [-0.15, -0.1) is 0 Å². The molecule has 4 atom stereocenters. The third-order valence-electron chi connectivity index (χ3n) is 6.69. The molecule has 1 aromatic rings. The summed E-state index contributed by atoms with van der Waals surface area (Å²) in [6.45, 7) is 4.34. The lowest BCUT2D eigenvalue weighted by atomic mass is 9.91. The zero-order valence-electron chi connectivity index (χ0n) is 15.9. The largest absolute Gasteiger partial charge is 0.330 e. The van der Waals surface area contributed by atoms with Crippen molar-refractivity contribution in [2.75, 3.05) is 19.6 Å². The van der Waals surface area contributed by atoms with Crippen LogP contribution in [0.4, 0.5) is 0 Å². The van der Waals surface area contributed by atoms with Crippen LogP contribution in [0.5, 0.6) is 0 Å². The van der Waals surface area contributed by atoms with E-state index in [0.29, 0.717) is 37.9 Å². The number of rotatable bonds is 5. The van der Waals surface area contributed by atoms with E-state index in [1.807, 2.05) is 11.0 Å². The Morgan fingerprint density at radius 3 is 2.68 bits per heavy atom. The predicted molar refractivity (Wildman–Crippen MR) is 103 cm³/mol. The molecule has 7 nitrogen and oxygen atoms in total. The van der Waals surface area contributed by atoms with E-state index in [4.69, 9.17) is 0 Å². The molecule has 28 heavy (non-hydrogen) atoms. The van der Waals surface area contributed by atoms with E-state index in [1.165, 1.54) is 12.0 Å². The zero-order chi connectivity index (χ0) is 19.3. The van der Waals surface area contributed by atoms with Gasteiger partial charge < -0.3 is 15.5 Å². The van der Waals surface area contributed by atoms with Crippen molar-refractivity contribution in [3.8, 4) is 0 Å². The van der Waals surface area contributed by atoms with Crippen LogP contribution < -0.4 is 10.6 Å². The van der Waals surface area contributed by atoms with Crippen molar-refractivity contribution in [1.29, 1.82) is 0 Å². The number of ketones is 1. The van der Waals surface area contributed by atoms with E-state index in [0.717, 1.165) is 37.2 Å². The minimum atomic E-state index is -0.398. The summed E-state index contributed by atoms with van der Waals surface area (Å²) in [5, 5.41) is 6.69. The van der Waals surface area contributed by atoms with Gasteiger partial charge in [0.05, 0.1) is 6.04 Å². The molecule has 6 rings (SSSR count). The minimum absolute atomic E-state index is 0.0688. The van der Waals surface area contributed by atoms with Crippen molar-refractivity contribution in [3.63, 3.8) is 0 Å². The van der Waals surface area contributed by atoms with Gasteiger partial charge in [-0.3, -0.25) is 19.3 Å². The average Bonchev–Trinajstić information content (AvgIpc) is 3.03. The van der Waals surface area contributed by atoms with E-state index >= 15 is 0 Å². The van der Waals surface area contributed by atoms with Gasteiger partial charge in [-0.25, -0.2) is 0 Å². The van der Waals surface area contributed by atoms with Crippen LogP contribution in [-0.2, 0) is 22.7 Å². The van der Waals surface area contributed by atoms with Crippen molar-refractivity contribution >= 4 is 18.0 Å². The smallest absolute Gasteiger partial charge is 0.254 e. The number of piperazine rings is 1. The molecule has 1 aromatic carbocycles. The molecule has 7 heteroatoms. The number of nitrogens with zero attached hydrogens (tertiary/aromatic N) is 2. The second kappa shape index (κ2) is 7.06. The van der Waals surface area contributed by atoms with Gasteiger partial charge in [0.2, 0.25) is 5.78 Å². The average molecular weight is 382 g/mol. The molecule has 4 fully saturated rings. The van der Waals surface area contributed by atoms with Gasteiger partial charge in [0.15, 0.2) is 6.29 Å². The van der Waals surface area contributed by atoms with Gasteiger partial charge in [-0.2, -0.15) is 0 Å². The molecule has 5 heterocycles. The lowest BCUT2D eigenvalue weighted by Crippen LogP contribution is -2.66. The second-order valence-corrected chi connectivity index (χ2v) is 8.63.